The largest absolute Gasteiger partial charge is 0.495 e. The summed E-state index contributed by atoms with van der Waals surface area (Å²) in [6.45, 7) is 2.95. The van der Waals surface area contributed by atoms with Crippen molar-refractivity contribution in [2.75, 3.05) is 43.1 Å². The van der Waals surface area contributed by atoms with Crippen LogP contribution < -0.4 is 19.9 Å². The molecule has 6 rings (SSSR count). The number of rotatable bonds is 7. The second kappa shape index (κ2) is 11.0. The van der Waals surface area contributed by atoms with Crippen molar-refractivity contribution in [1.82, 2.24) is 25.1 Å². The maximum absolute atomic E-state index is 14.0. The first-order valence-electron chi connectivity index (χ1n) is 13.1. The average molecular weight is 538 g/mol. The quantitative estimate of drug-likeness (QED) is 0.333. The van der Waals surface area contributed by atoms with Gasteiger partial charge in [-0.05, 0) is 36.4 Å². The van der Waals surface area contributed by atoms with Crippen LogP contribution in [0.25, 0.3) is 16.7 Å². The van der Waals surface area contributed by atoms with E-state index in [1.165, 1.54) is 6.07 Å². The fraction of sp³-hybridized carbons (Fsp3) is 0.200. The van der Waals surface area contributed by atoms with E-state index in [0.717, 1.165) is 41.3 Å². The molecule has 40 heavy (non-hydrogen) atoms. The number of para-hydroxylation sites is 1. The molecule has 5 aromatic rings. The first-order valence-corrected chi connectivity index (χ1v) is 13.1. The minimum Gasteiger partial charge on any atom is -0.495 e. The number of anilines is 2. The Labute approximate surface area is 230 Å². The molecule has 3 aromatic carbocycles. The predicted octanol–water partition coefficient (Wildman–Crippen LogP) is 4.22. The van der Waals surface area contributed by atoms with Gasteiger partial charge in [0.15, 0.2) is 5.65 Å². The Hall–Kier alpha value is -4.99. The molecule has 0 bridgehead atoms. The lowest BCUT2D eigenvalue weighted by Crippen LogP contribution is -2.47. The number of carbonyl (C=O) groups is 1. The molecule has 1 aliphatic rings. The summed E-state index contributed by atoms with van der Waals surface area (Å²) >= 11 is 0. The Morgan fingerprint density at radius 3 is 2.48 bits per heavy atom. The number of amides is 1. The van der Waals surface area contributed by atoms with Crippen molar-refractivity contribution in [3.05, 3.63) is 102 Å². The van der Waals surface area contributed by atoms with Gasteiger partial charge >= 0.3 is 0 Å². The molecule has 1 fully saturated rings. The number of ether oxygens (including phenoxy) is 1. The number of aromatic nitrogens is 4. The highest BCUT2D eigenvalue weighted by molar-refractivity contribution is 5.95. The van der Waals surface area contributed by atoms with Crippen molar-refractivity contribution >= 4 is 28.4 Å². The molecule has 2 aromatic heterocycles. The standard InChI is InChI=1S/C30H28FN7O2/c1-40-27-12-11-21(30(39)32-18-22-7-5-6-10-25(22)31)17-26(27)36-13-15-37(16-14-36)28-24-19-35-38(29(24)34-20-33-28)23-8-3-2-4-9-23/h2-12,17,19-20H,13-16,18H2,1H3,(H,32,39). The van der Waals surface area contributed by atoms with Crippen molar-refractivity contribution in [3.8, 4) is 11.4 Å². The van der Waals surface area contributed by atoms with Crippen molar-refractivity contribution < 1.29 is 13.9 Å². The maximum atomic E-state index is 14.0. The number of nitrogens with one attached hydrogen (secondary N) is 1. The number of nitrogens with zero attached hydrogens (tertiary/aromatic N) is 6. The third-order valence-corrected chi connectivity index (χ3v) is 7.10. The van der Waals surface area contributed by atoms with Crippen LogP contribution >= 0.6 is 0 Å². The summed E-state index contributed by atoms with van der Waals surface area (Å²) in [4.78, 5) is 26.4. The van der Waals surface area contributed by atoms with E-state index in [2.05, 4.69) is 30.2 Å². The monoisotopic (exact) mass is 537 g/mol. The molecule has 0 unspecified atom stereocenters. The Balaban J connectivity index is 1.18. The van der Waals surface area contributed by atoms with Crippen LogP contribution in [0.1, 0.15) is 15.9 Å². The summed E-state index contributed by atoms with van der Waals surface area (Å²) in [6, 6.07) is 21.7. The van der Waals surface area contributed by atoms with Gasteiger partial charge in [0.1, 0.15) is 23.7 Å². The summed E-state index contributed by atoms with van der Waals surface area (Å²) in [6.07, 6.45) is 3.40. The molecule has 1 N–H and O–H groups in total. The van der Waals surface area contributed by atoms with Gasteiger partial charge in [-0.15, -0.1) is 0 Å². The molecule has 0 spiro atoms. The molecule has 10 heteroatoms. The van der Waals surface area contributed by atoms with E-state index in [1.807, 2.05) is 47.3 Å². The number of hydrogen-bond donors (Lipinski definition) is 1. The van der Waals surface area contributed by atoms with Crippen molar-refractivity contribution in [3.63, 3.8) is 0 Å². The highest BCUT2D eigenvalue weighted by Gasteiger charge is 2.24. The molecule has 0 radical (unpaired) electrons. The molecule has 1 amide bonds. The fourth-order valence-corrected chi connectivity index (χ4v) is 5.00. The van der Waals surface area contributed by atoms with Crippen LogP contribution in [0.3, 0.4) is 0 Å². The minimum absolute atomic E-state index is 0.111. The molecular formula is C30H28FN7O2. The van der Waals surface area contributed by atoms with Crippen LogP contribution in [0.4, 0.5) is 15.9 Å². The van der Waals surface area contributed by atoms with Crippen LogP contribution in [-0.2, 0) is 6.54 Å². The van der Waals surface area contributed by atoms with Gasteiger partial charge in [0.25, 0.3) is 5.91 Å². The van der Waals surface area contributed by atoms with Gasteiger partial charge in [0, 0.05) is 43.9 Å². The average Bonchev–Trinajstić information content (AvgIpc) is 3.45. The zero-order chi connectivity index (χ0) is 27.5. The Morgan fingerprint density at radius 1 is 0.950 bits per heavy atom. The highest BCUT2D eigenvalue weighted by Crippen LogP contribution is 2.32. The van der Waals surface area contributed by atoms with Crippen molar-refractivity contribution in [2.45, 2.75) is 6.54 Å². The topological polar surface area (TPSA) is 88.4 Å². The van der Waals surface area contributed by atoms with E-state index >= 15 is 0 Å². The maximum Gasteiger partial charge on any atom is 0.251 e. The van der Waals surface area contributed by atoms with E-state index in [-0.39, 0.29) is 18.3 Å². The van der Waals surface area contributed by atoms with Crippen LogP contribution in [0.2, 0.25) is 0 Å². The first kappa shape index (κ1) is 25.3. The molecule has 0 aliphatic carbocycles. The predicted molar refractivity (Wildman–Crippen MR) is 152 cm³/mol. The summed E-state index contributed by atoms with van der Waals surface area (Å²) in [5.41, 5.74) is 3.46. The van der Waals surface area contributed by atoms with E-state index in [4.69, 9.17) is 4.74 Å². The van der Waals surface area contributed by atoms with Gasteiger partial charge in [-0.2, -0.15) is 5.10 Å². The second-order valence-corrected chi connectivity index (χ2v) is 9.46. The third kappa shape index (κ3) is 4.91. The van der Waals surface area contributed by atoms with E-state index in [1.54, 1.807) is 43.8 Å². The third-order valence-electron chi connectivity index (χ3n) is 7.10. The normalized spacial score (nSPS) is 13.4. The van der Waals surface area contributed by atoms with Crippen molar-refractivity contribution in [2.24, 2.45) is 0 Å². The highest BCUT2D eigenvalue weighted by atomic mass is 19.1. The Bertz CT molecular complexity index is 1650. The number of hydrogen-bond acceptors (Lipinski definition) is 7. The molecule has 9 nitrogen and oxygen atoms in total. The molecule has 0 atom stereocenters. The van der Waals surface area contributed by atoms with Crippen molar-refractivity contribution in [1.29, 1.82) is 0 Å². The number of piperazine rings is 1. The lowest BCUT2D eigenvalue weighted by Gasteiger charge is -2.37. The van der Waals surface area contributed by atoms with Crippen LogP contribution in [-0.4, -0.2) is 58.9 Å². The fourth-order valence-electron chi connectivity index (χ4n) is 5.00. The minimum atomic E-state index is -0.343. The molecule has 202 valence electrons. The molecule has 3 heterocycles. The van der Waals surface area contributed by atoms with Gasteiger partial charge in [-0.3, -0.25) is 4.79 Å². The summed E-state index contributed by atoms with van der Waals surface area (Å²) in [5.74, 6) is 0.918. The number of halogens is 1. The Morgan fingerprint density at radius 2 is 1.70 bits per heavy atom. The summed E-state index contributed by atoms with van der Waals surface area (Å²) in [5, 5.41) is 8.28. The Kier molecular flexibility index (Phi) is 6.96. The van der Waals surface area contributed by atoms with Gasteiger partial charge in [0.2, 0.25) is 0 Å². The smallest absolute Gasteiger partial charge is 0.251 e. The molecule has 0 saturated carbocycles. The van der Waals surface area contributed by atoms with Gasteiger partial charge in [0.05, 0.1) is 30.1 Å². The van der Waals surface area contributed by atoms with Crippen LogP contribution in [0, 0.1) is 5.82 Å². The van der Waals surface area contributed by atoms with E-state index in [9.17, 15) is 9.18 Å². The summed E-state index contributed by atoms with van der Waals surface area (Å²) < 4.78 is 21.4. The molecule has 1 aliphatic heterocycles. The zero-order valence-electron chi connectivity index (χ0n) is 22.0. The number of carbonyl (C=O) groups excluding carboxylic acids is 1. The zero-order valence-corrected chi connectivity index (χ0v) is 22.0. The lowest BCUT2D eigenvalue weighted by atomic mass is 10.1. The number of fused-ring (bicyclic) bond motifs is 1. The van der Waals surface area contributed by atoms with Gasteiger partial charge < -0.3 is 19.9 Å². The van der Waals surface area contributed by atoms with Crippen LogP contribution in [0.5, 0.6) is 5.75 Å². The second-order valence-electron chi connectivity index (χ2n) is 9.46. The summed E-state index contributed by atoms with van der Waals surface area (Å²) in [7, 11) is 1.62. The number of methoxy groups -OCH3 is 1. The van der Waals surface area contributed by atoms with Crippen LogP contribution in [0.15, 0.2) is 85.3 Å². The van der Waals surface area contributed by atoms with Gasteiger partial charge in [-0.25, -0.2) is 19.0 Å². The van der Waals surface area contributed by atoms with E-state index in [0.29, 0.717) is 30.0 Å². The van der Waals surface area contributed by atoms with Gasteiger partial charge in [-0.1, -0.05) is 36.4 Å². The molecule has 1 saturated heterocycles. The molecular weight excluding hydrogens is 509 g/mol. The first-order chi connectivity index (χ1) is 19.6. The SMILES string of the molecule is COc1ccc(C(=O)NCc2ccccc2F)cc1N1CCN(c2ncnc3c2cnn3-c2ccccc2)CC1. The number of benzene rings is 3. The van der Waals surface area contributed by atoms with E-state index < -0.39 is 0 Å². The lowest BCUT2D eigenvalue weighted by molar-refractivity contribution is 0.0950.